The first kappa shape index (κ1) is 17.7. The predicted molar refractivity (Wildman–Crippen MR) is 103 cm³/mol. The lowest BCUT2D eigenvalue weighted by Gasteiger charge is -2.28. The first-order chi connectivity index (χ1) is 13.6. The molecule has 1 aliphatic rings. The third-order valence-corrected chi connectivity index (χ3v) is 4.80. The number of nitrogens with zero attached hydrogens (tertiary/aromatic N) is 2. The van der Waals surface area contributed by atoms with Crippen molar-refractivity contribution in [2.24, 2.45) is 0 Å². The van der Waals surface area contributed by atoms with Crippen molar-refractivity contribution in [3.63, 3.8) is 0 Å². The fourth-order valence-corrected chi connectivity index (χ4v) is 3.37. The fraction of sp³-hybridized carbons (Fsp3) is 0.136. The Labute approximate surface area is 162 Å². The number of fused-ring (bicyclic) bond motifs is 1. The molecule has 6 heteroatoms. The number of furan rings is 1. The van der Waals surface area contributed by atoms with Crippen LogP contribution in [-0.2, 0) is 6.42 Å². The van der Waals surface area contributed by atoms with E-state index in [1.54, 1.807) is 42.5 Å². The standard InChI is InChI=1S/C22H18N2O4/c1-2-15-8-3-6-11-18(15)23(22(27)19-12-7-13-28-19)14-24-20(25)16-9-4-5-10-17(16)21(24)26/h3-13H,2,14H2,1H3. The Kier molecular flexibility index (Phi) is 4.53. The van der Waals surface area contributed by atoms with Crippen LogP contribution in [0, 0.1) is 0 Å². The molecule has 4 rings (SSSR count). The van der Waals surface area contributed by atoms with Gasteiger partial charge < -0.3 is 4.42 Å². The molecule has 0 spiro atoms. The zero-order valence-electron chi connectivity index (χ0n) is 15.3. The molecule has 6 nitrogen and oxygen atoms in total. The summed E-state index contributed by atoms with van der Waals surface area (Å²) in [5.41, 5.74) is 2.27. The molecule has 0 unspecified atom stereocenters. The highest BCUT2D eigenvalue weighted by Crippen LogP contribution is 2.27. The third kappa shape index (κ3) is 2.89. The number of anilines is 1. The molecule has 28 heavy (non-hydrogen) atoms. The largest absolute Gasteiger partial charge is 0.459 e. The van der Waals surface area contributed by atoms with E-state index in [4.69, 9.17) is 4.42 Å². The molecule has 140 valence electrons. The maximum absolute atomic E-state index is 13.1. The van der Waals surface area contributed by atoms with Gasteiger partial charge in [-0.25, -0.2) is 0 Å². The summed E-state index contributed by atoms with van der Waals surface area (Å²) < 4.78 is 5.27. The molecule has 0 radical (unpaired) electrons. The van der Waals surface area contributed by atoms with Crippen molar-refractivity contribution in [1.82, 2.24) is 4.90 Å². The molecule has 0 fully saturated rings. The van der Waals surface area contributed by atoms with E-state index in [1.807, 2.05) is 25.1 Å². The van der Waals surface area contributed by atoms with E-state index in [0.29, 0.717) is 23.2 Å². The summed E-state index contributed by atoms with van der Waals surface area (Å²) in [6.45, 7) is 1.79. The molecule has 3 aromatic rings. The number of imide groups is 1. The van der Waals surface area contributed by atoms with E-state index in [2.05, 4.69) is 0 Å². The first-order valence-corrected chi connectivity index (χ1v) is 9.00. The average molecular weight is 374 g/mol. The highest BCUT2D eigenvalue weighted by Gasteiger charge is 2.37. The number of rotatable bonds is 5. The molecule has 0 N–H and O–H groups in total. The van der Waals surface area contributed by atoms with Crippen molar-refractivity contribution in [2.45, 2.75) is 13.3 Å². The second-order valence-corrected chi connectivity index (χ2v) is 6.42. The number of hydrogen-bond acceptors (Lipinski definition) is 4. The van der Waals surface area contributed by atoms with Crippen molar-refractivity contribution < 1.29 is 18.8 Å². The predicted octanol–water partition coefficient (Wildman–Crippen LogP) is 3.74. The summed E-state index contributed by atoms with van der Waals surface area (Å²) >= 11 is 0. The third-order valence-electron chi connectivity index (χ3n) is 4.80. The summed E-state index contributed by atoms with van der Waals surface area (Å²) in [7, 11) is 0. The smallest absolute Gasteiger partial charge is 0.295 e. The monoisotopic (exact) mass is 374 g/mol. The molecular formula is C22H18N2O4. The molecule has 2 heterocycles. The zero-order valence-corrected chi connectivity index (χ0v) is 15.3. The molecular weight excluding hydrogens is 356 g/mol. The number of carbonyl (C=O) groups excluding carboxylic acids is 3. The van der Waals surface area contributed by atoms with E-state index in [0.717, 1.165) is 10.5 Å². The lowest BCUT2D eigenvalue weighted by atomic mass is 10.1. The quantitative estimate of drug-likeness (QED) is 0.638. The van der Waals surface area contributed by atoms with Crippen molar-refractivity contribution in [2.75, 3.05) is 11.6 Å². The lowest BCUT2D eigenvalue weighted by molar-refractivity contribution is 0.0649. The van der Waals surface area contributed by atoms with Crippen LogP contribution in [0.4, 0.5) is 5.69 Å². The molecule has 0 aliphatic carbocycles. The van der Waals surface area contributed by atoms with Crippen molar-refractivity contribution in [3.8, 4) is 0 Å². The van der Waals surface area contributed by atoms with Gasteiger partial charge in [0.1, 0.15) is 6.67 Å². The molecule has 0 saturated carbocycles. The van der Waals surface area contributed by atoms with Crippen molar-refractivity contribution >= 4 is 23.4 Å². The Morgan fingerprint density at radius 1 is 0.929 bits per heavy atom. The Balaban J connectivity index is 1.74. The Bertz CT molecular complexity index is 1020. The Morgan fingerprint density at radius 3 is 2.18 bits per heavy atom. The molecule has 2 aromatic carbocycles. The minimum atomic E-state index is -0.414. The number of para-hydroxylation sites is 1. The Morgan fingerprint density at radius 2 is 1.57 bits per heavy atom. The first-order valence-electron chi connectivity index (χ1n) is 9.00. The summed E-state index contributed by atoms with van der Waals surface area (Å²) in [6, 6.07) is 17.3. The molecule has 0 bridgehead atoms. The van der Waals surface area contributed by atoms with Gasteiger partial charge in [0.2, 0.25) is 0 Å². The number of carbonyl (C=O) groups is 3. The van der Waals surface area contributed by atoms with Crippen LogP contribution in [0.15, 0.2) is 71.3 Å². The van der Waals surface area contributed by atoms with Crippen LogP contribution in [0.2, 0.25) is 0 Å². The van der Waals surface area contributed by atoms with Crippen LogP contribution in [0.3, 0.4) is 0 Å². The highest BCUT2D eigenvalue weighted by molar-refractivity contribution is 6.21. The van der Waals surface area contributed by atoms with Gasteiger partial charge in [-0.2, -0.15) is 0 Å². The zero-order chi connectivity index (χ0) is 19.7. The van der Waals surface area contributed by atoms with Gasteiger partial charge in [0.05, 0.1) is 17.4 Å². The summed E-state index contributed by atoms with van der Waals surface area (Å²) in [5, 5.41) is 0. The second-order valence-electron chi connectivity index (χ2n) is 6.42. The fourth-order valence-electron chi connectivity index (χ4n) is 3.37. The van der Waals surface area contributed by atoms with Gasteiger partial charge in [-0.1, -0.05) is 37.3 Å². The average Bonchev–Trinajstić information content (AvgIpc) is 3.35. The van der Waals surface area contributed by atoms with Crippen LogP contribution in [-0.4, -0.2) is 29.3 Å². The van der Waals surface area contributed by atoms with E-state index in [9.17, 15) is 14.4 Å². The number of benzene rings is 2. The van der Waals surface area contributed by atoms with Crippen molar-refractivity contribution in [3.05, 3.63) is 89.4 Å². The highest BCUT2D eigenvalue weighted by atomic mass is 16.3. The molecule has 0 atom stereocenters. The second kappa shape index (κ2) is 7.15. The summed E-state index contributed by atoms with van der Waals surface area (Å²) in [6.07, 6.45) is 2.11. The van der Waals surface area contributed by atoms with Crippen LogP contribution >= 0.6 is 0 Å². The topological polar surface area (TPSA) is 70.8 Å². The van der Waals surface area contributed by atoms with Gasteiger partial charge in [0.15, 0.2) is 5.76 Å². The van der Waals surface area contributed by atoms with E-state index >= 15 is 0 Å². The number of hydrogen-bond donors (Lipinski definition) is 0. The van der Waals surface area contributed by atoms with Gasteiger partial charge in [-0.15, -0.1) is 0 Å². The lowest BCUT2D eigenvalue weighted by Crippen LogP contribution is -2.44. The van der Waals surface area contributed by atoms with Crippen LogP contribution in [0.5, 0.6) is 0 Å². The number of aryl methyl sites for hydroxylation is 1. The van der Waals surface area contributed by atoms with E-state index in [-0.39, 0.29) is 12.4 Å². The summed E-state index contributed by atoms with van der Waals surface area (Å²) in [4.78, 5) is 41.2. The van der Waals surface area contributed by atoms with E-state index < -0.39 is 17.7 Å². The van der Waals surface area contributed by atoms with Gasteiger partial charge >= 0.3 is 0 Å². The van der Waals surface area contributed by atoms with Crippen LogP contribution in [0.1, 0.15) is 43.8 Å². The SMILES string of the molecule is CCc1ccccc1N(CN1C(=O)c2ccccc2C1=O)C(=O)c1ccco1. The van der Waals surface area contributed by atoms with Gasteiger partial charge in [-0.05, 0) is 42.3 Å². The summed E-state index contributed by atoms with van der Waals surface area (Å²) in [5.74, 6) is -1.09. The molecule has 0 saturated heterocycles. The maximum Gasteiger partial charge on any atom is 0.295 e. The van der Waals surface area contributed by atoms with Crippen molar-refractivity contribution in [1.29, 1.82) is 0 Å². The number of amides is 3. The minimum Gasteiger partial charge on any atom is -0.459 e. The molecule has 3 amide bonds. The van der Waals surface area contributed by atoms with Crippen LogP contribution in [0.25, 0.3) is 0 Å². The van der Waals surface area contributed by atoms with Gasteiger partial charge in [0, 0.05) is 5.69 Å². The molecule has 1 aromatic heterocycles. The maximum atomic E-state index is 13.1. The normalized spacial score (nSPS) is 13.0. The van der Waals surface area contributed by atoms with E-state index in [1.165, 1.54) is 11.2 Å². The van der Waals surface area contributed by atoms with Crippen LogP contribution < -0.4 is 4.90 Å². The van der Waals surface area contributed by atoms with Gasteiger partial charge in [0.25, 0.3) is 17.7 Å². The minimum absolute atomic E-state index is 0.141. The Hall–Kier alpha value is -3.67. The van der Waals surface area contributed by atoms with Gasteiger partial charge in [-0.3, -0.25) is 24.2 Å². The molecule has 1 aliphatic heterocycles.